The molecule has 0 aromatic rings. The Labute approximate surface area is 97.6 Å². The summed E-state index contributed by atoms with van der Waals surface area (Å²) in [4.78, 5) is 0. The van der Waals surface area contributed by atoms with Gasteiger partial charge in [0.05, 0.1) is 13.2 Å². The first kappa shape index (κ1) is 13.2. The van der Waals surface area contributed by atoms with Gasteiger partial charge < -0.3 is 14.4 Å². The third-order valence-corrected chi connectivity index (χ3v) is 2.44. The van der Waals surface area contributed by atoms with Gasteiger partial charge in [-0.1, -0.05) is 38.2 Å². The molecular formula is C12H19BO3. The maximum atomic E-state index is 9.60. The number of ether oxygens (including phenoxy) is 1. The van der Waals surface area contributed by atoms with Crippen LogP contribution in [0.3, 0.4) is 0 Å². The predicted molar refractivity (Wildman–Crippen MR) is 66.0 cm³/mol. The van der Waals surface area contributed by atoms with E-state index >= 15 is 0 Å². The first-order valence-corrected chi connectivity index (χ1v) is 5.68. The highest BCUT2D eigenvalue weighted by molar-refractivity contribution is 6.53. The second kappa shape index (κ2) is 7.44. The van der Waals surface area contributed by atoms with Gasteiger partial charge in [0.15, 0.2) is 0 Å². The summed E-state index contributed by atoms with van der Waals surface area (Å²) in [6.07, 6.45) is 7.60. The second-order valence-electron chi connectivity index (χ2n) is 3.71. The molecule has 1 rings (SSSR count). The highest BCUT2D eigenvalue weighted by Gasteiger charge is 2.28. The lowest BCUT2D eigenvalue weighted by Gasteiger charge is -2.05. The molecule has 0 bridgehead atoms. The lowest BCUT2D eigenvalue weighted by atomic mass is 9.79. The Morgan fingerprint density at radius 3 is 3.12 bits per heavy atom. The molecule has 88 valence electrons. The van der Waals surface area contributed by atoms with Crippen molar-refractivity contribution < 1.29 is 14.4 Å². The van der Waals surface area contributed by atoms with Crippen molar-refractivity contribution in [3.63, 3.8) is 0 Å². The van der Waals surface area contributed by atoms with E-state index in [2.05, 4.69) is 13.5 Å². The largest absolute Gasteiger partial charge is 0.489 e. The number of unbranched alkanes of at least 4 members (excludes halogenated alkanes) is 1. The second-order valence-corrected chi connectivity index (χ2v) is 3.71. The van der Waals surface area contributed by atoms with Crippen molar-refractivity contribution in [1.29, 1.82) is 0 Å². The van der Waals surface area contributed by atoms with Gasteiger partial charge in [-0.2, -0.15) is 0 Å². The molecule has 1 aliphatic heterocycles. The number of hydrogen-bond acceptors (Lipinski definition) is 3. The molecule has 0 aromatic heterocycles. The average molecular weight is 222 g/mol. The van der Waals surface area contributed by atoms with Crippen molar-refractivity contribution in [2.75, 3.05) is 19.8 Å². The molecule has 0 saturated carbocycles. The van der Waals surface area contributed by atoms with E-state index in [0.717, 1.165) is 30.5 Å². The molecule has 3 nitrogen and oxygen atoms in total. The fraction of sp³-hybridized carbons (Fsp3) is 0.500. The van der Waals surface area contributed by atoms with Crippen molar-refractivity contribution in [3.8, 4) is 0 Å². The molecule has 0 aromatic carbocycles. The smallest absolute Gasteiger partial charge is 0.423 e. The topological polar surface area (TPSA) is 38.7 Å². The van der Waals surface area contributed by atoms with Gasteiger partial charge in [-0.3, -0.25) is 0 Å². The summed E-state index contributed by atoms with van der Waals surface area (Å²) in [5.41, 5.74) is 1.82. The van der Waals surface area contributed by atoms with Crippen LogP contribution < -0.4 is 0 Å². The molecule has 1 aliphatic rings. The van der Waals surface area contributed by atoms with E-state index in [0.29, 0.717) is 13.2 Å². The van der Waals surface area contributed by atoms with Crippen LogP contribution in [0.2, 0.25) is 0 Å². The lowest BCUT2D eigenvalue weighted by molar-refractivity contribution is 0.154. The van der Waals surface area contributed by atoms with Crippen LogP contribution in [0.1, 0.15) is 19.8 Å². The summed E-state index contributed by atoms with van der Waals surface area (Å²) < 4.78 is 10.6. The maximum Gasteiger partial charge on any atom is 0.489 e. The molecule has 1 N–H and O–H groups in total. The van der Waals surface area contributed by atoms with Crippen molar-refractivity contribution >= 4 is 7.12 Å². The van der Waals surface area contributed by atoms with Crippen LogP contribution in [0, 0.1) is 0 Å². The quantitative estimate of drug-likeness (QED) is 0.406. The van der Waals surface area contributed by atoms with E-state index in [9.17, 15) is 5.02 Å². The molecule has 0 saturated heterocycles. The van der Waals surface area contributed by atoms with Gasteiger partial charge in [0, 0.05) is 6.61 Å². The fourth-order valence-corrected chi connectivity index (χ4v) is 1.45. The van der Waals surface area contributed by atoms with Gasteiger partial charge in [-0.15, -0.1) is 0 Å². The van der Waals surface area contributed by atoms with Crippen molar-refractivity contribution in [1.82, 2.24) is 0 Å². The normalized spacial score (nSPS) is 16.5. The zero-order valence-electron chi connectivity index (χ0n) is 9.82. The van der Waals surface area contributed by atoms with E-state index in [1.165, 1.54) is 0 Å². The van der Waals surface area contributed by atoms with Gasteiger partial charge in [0.25, 0.3) is 0 Å². The van der Waals surface area contributed by atoms with E-state index < -0.39 is 7.12 Å². The summed E-state index contributed by atoms with van der Waals surface area (Å²) in [5.74, 6) is 0. The van der Waals surface area contributed by atoms with E-state index in [-0.39, 0.29) is 0 Å². The molecule has 0 spiro atoms. The molecule has 0 fully saturated rings. The molecule has 16 heavy (non-hydrogen) atoms. The van der Waals surface area contributed by atoms with Gasteiger partial charge in [0.1, 0.15) is 0 Å². The monoisotopic (exact) mass is 222 g/mol. The Kier molecular flexibility index (Phi) is 6.15. The van der Waals surface area contributed by atoms with Crippen molar-refractivity contribution in [3.05, 3.63) is 35.9 Å². The highest BCUT2D eigenvalue weighted by atomic mass is 16.5. The summed E-state index contributed by atoms with van der Waals surface area (Å²) in [7, 11) is -0.814. The molecule has 0 radical (unpaired) electrons. The Morgan fingerprint density at radius 2 is 2.44 bits per heavy atom. The van der Waals surface area contributed by atoms with Crippen LogP contribution in [0.5, 0.6) is 0 Å². The van der Waals surface area contributed by atoms with Gasteiger partial charge in [0.2, 0.25) is 0 Å². The van der Waals surface area contributed by atoms with Gasteiger partial charge >= 0.3 is 7.12 Å². The maximum absolute atomic E-state index is 9.60. The lowest BCUT2D eigenvalue weighted by Crippen LogP contribution is -2.19. The Balaban J connectivity index is 2.50. The van der Waals surface area contributed by atoms with E-state index in [4.69, 9.17) is 9.39 Å². The van der Waals surface area contributed by atoms with Gasteiger partial charge in [-0.05, 0) is 17.5 Å². The first-order valence-electron chi connectivity index (χ1n) is 5.68. The molecular weight excluding hydrogens is 203 g/mol. The molecule has 0 unspecified atom stereocenters. The average Bonchev–Trinajstić information content (AvgIpc) is 2.63. The molecule has 4 heteroatoms. The molecule has 0 amide bonds. The molecule has 0 aliphatic carbocycles. The minimum atomic E-state index is -0.814. The third-order valence-electron chi connectivity index (χ3n) is 2.44. The summed E-state index contributed by atoms with van der Waals surface area (Å²) in [5, 5.41) is 9.60. The summed E-state index contributed by atoms with van der Waals surface area (Å²) >= 11 is 0. The number of allylic oxidation sites excluding steroid dienone is 2. The van der Waals surface area contributed by atoms with E-state index in [1.54, 1.807) is 6.08 Å². The van der Waals surface area contributed by atoms with Crippen molar-refractivity contribution in [2.45, 2.75) is 19.8 Å². The molecule has 1 heterocycles. The zero-order valence-corrected chi connectivity index (χ0v) is 9.82. The predicted octanol–water partition coefficient (Wildman–Crippen LogP) is 1.89. The zero-order chi connectivity index (χ0) is 11.8. The minimum absolute atomic E-state index is 0.442. The number of rotatable bonds is 7. The summed E-state index contributed by atoms with van der Waals surface area (Å²) in [6.45, 7) is 7.34. The SMILES string of the molecule is C=C/C=C\C1=C(COCCCC)B(O)OC1. The highest BCUT2D eigenvalue weighted by Crippen LogP contribution is 2.18. The molecule has 0 atom stereocenters. The third kappa shape index (κ3) is 3.97. The van der Waals surface area contributed by atoms with Crippen LogP contribution in [-0.4, -0.2) is 32.0 Å². The first-order chi connectivity index (χ1) is 7.79. The van der Waals surface area contributed by atoms with Crippen LogP contribution in [0.25, 0.3) is 0 Å². The van der Waals surface area contributed by atoms with Crippen LogP contribution >= 0.6 is 0 Å². The Hall–Kier alpha value is -0.835. The van der Waals surface area contributed by atoms with Gasteiger partial charge in [-0.25, -0.2) is 0 Å². The van der Waals surface area contributed by atoms with E-state index in [1.807, 2.05) is 12.2 Å². The Morgan fingerprint density at radius 1 is 1.62 bits per heavy atom. The standard InChI is InChI=1S/C12H19BO3/c1-3-5-7-11-9-16-13(14)12(11)10-15-8-6-4-2/h3,5,7,14H,1,4,6,8-10H2,2H3/b7-5-. The fourth-order valence-electron chi connectivity index (χ4n) is 1.45. The Bertz CT molecular complexity index is 284. The number of hydrogen-bond donors (Lipinski definition) is 1. The van der Waals surface area contributed by atoms with Crippen LogP contribution in [-0.2, 0) is 9.39 Å². The summed E-state index contributed by atoms with van der Waals surface area (Å²) in [6, 6.07) is 0. The van der Waals surface area contributed by atoms with Crippen LogP contribution in [0.4, 0.5) is 0 Å². The minimum Gasteiger partial charge on any atom is -0.423 e. The van der Waals surface area contributed by atoms with Crippen LogP contribution in [0.15, 0.2) is 35.9 Å². The van der Waals surface area contributed by atoms with Crippen molar-refractivity contribution in [2.24, 2.45) is 0 Å².